The second-order valence-corrected chi connectivity index (χ2v) is 8.42. The summed E-state index contributed by atoms with van der Waals surface area (Å²) in [5, 5.41) is 21.3. The van der Waals surface area contributed by atoms with E-state index >= 15 is 0 Å². The number of aliphatic imine (C=N–C) groups is 1. The summed E-state index contributed by atoms with van der Waals surface area (Å²) in [5.41, 5.74) is 4.69. The van der Waals surface area contributed by atoms with Crippen LogP contribution < -0.4 is 0 Å². The summed E-state index contributed by atoms with van der Waals surface area (Å²) in [5.74, 6) is 0.546. The topological polar surface area (TPSA) is 106 Å². The quantitative estimate of drug-likeness (QED) is 0.656. The third-order valence-corrected chi connectivity index (χ3v) is 6.35. The minimum atomic E-state index is -1.07. The number of rotatable bonds is 5. The van der Waals surface area contributed by atoms with Crippen LogP contribution in [-0.4, -0.2) is 53.8 Å². The number of benzene rings is 1. The van der Waals surface area contributed by atoms with E-state index in [0.717, 1.165) is 37.8 Å². The summed E-state index contributed by atoms with van der Waals surface area (Å²) in [4.78, 5) is 17.8. The number of ether oxygens (including phenoxy) is 1. The van der Waals surface area contributed by atoms with E-state index in [2.05, 4.69) is 39.0 Å². The molecule has 1 aromatic carbocycles. The van der Waals surface area contributed by atoms with Crippen LogP contribution in [0, 0.1) is 6.92 Å². The number of hydrogen-bond donors (Lipinski definition) is 2. The van der Waals surface area contributed by atoms with Crippen molar-refractivity contribution in [2.45, 2.75) is 70.0 Å². The van der Waals surface area contributed by atoms with Crippen molar-refractivity contribution in [3.63, 3.8) is 0 Å². The highest BCUT2D eigenvalue weighted by atomic mass is 16.6. The molecule has 1 aliphatic carbocycles. The largest absolute Gasteiger partial charge is 0.388 e. The number of aromatic nitrogens is 4. The Labute approximate surface area is 180 Å². The molecule has 4 atom stereocenters. The number of hydrogen-bond acceptors (Lipinski definition) is 7. The highest BCUT2D eigenvalue weighted by molar-refractivity contribution is 5.91. The van der Waals surface area contributed by atoms with Crippen LogP contribution in [0.2, 0.25) is 0 Å². The summed E-state index contributed by atoms with van der Waals surface area (Å²) >= 11 is 0. The lowest BCUT2D eigenvalue weighted by Crippen LogP contribution is -2.31. The number of aliphatic hydroxyl groups is 2. The molecule has 0 amide bonds. The van der Waals surface area contributed by atoms with Gasteiger partial charge in [-0.25, -0.2) is 19.9 Å². The molecule has 0 radical (unpaired) electrons. The Kier molecular flexibility index (Phi) is 5.52. The van der Waals surface area contributed by atoms with E-state index in [0.29, 0.717) is 23.4 Å². The number of nitrogens with zero attached hydrogens (tertiary/aromatic N) is 5. The lowest BCUT2D eigenvalue weighted by atomic mass is 9.99. The van der Waals surface area contributed by atoms with E-state index in [1.54, 1.807) is 10.9 Å². The van der Waals surface area contributed by atoms with Gasteiger partial charge in [-0.2, -0.15) is 0 Å². The van der Waals surface area contributed by atoms with Crippen molar-refractivity contribution >= 4 is 22.7 Å². The standard InChI is InChI=1S/C23H27N5O3/c1-14-6-2-3-7-15(14)10-11-17-19(29)20(30)23(31-17)28-13-26-18-21(24-12-25-22(18)28)27-16-8-4-5-9-16/h2-3,6-7,12-13,17,19-20,23,29-30H,4-5,8-11H2,1H3/t17-,19-,20-,23-/m1/s1. The SMILES string of the molecule is Cc1ccccc1CC[C@H]1O[C@@H](n2cnc3c(N=C4CCCC4)ncnc32)[C@H](O)[C@@H]1O. The monoisotopic (exact) mass is 421 g/mol. The van der Waals surface area contributed by atoms with Crippen molar-refractivity contribution in [3.8, 4) is 0 Å². The minimum absolute atomic E-state index is 0.475. The predicted molar refractivity (Wildman–Crippen MR) is 116 cm³/mol. The Morgan fingerprint density at radius 3 is 2.71 bits per heavy atom. The fraction of sp³-hybridized carbons (Fsp3) is 0.478. The van der Waals surface area contributed by atoms with Crippen LogP contribution in [0.4, 0.5) is 5.82 Å². The first-order valence-electron chi connectivity index (χ1n) is 10.9. The van der Waals surface area contributed by atoms with Crippen molar-refractivity contribution in [3.05, 3.63) is 48.0 Å². The molecule has 5 rings (SSSR count). The molecule has 0 spiro atoms. The van der Waals surface area contributed by atoms with Crippen LogP contribution in [0.3, 0.4) is 0 Å². The lowest BCUT2D eigenvalue weighted by Gasteiger charge is -2.16. The smallest absolute Gasteiger partial charge is 0.183 e. The average molecular weight is 422 g/mol. The molecule has 3 aromatic rings. The van der Waals surface area contributed by atoms with E-state index in [1.165, 1.54) is 17.5 Å². The molecule has 8 nitrogen and oxygen atoms in total. The molecule has 2 fully saturated rings. The lowest BCUT2D eigenvalue weighted by molar-refractivity contribution is -0.0367. The van der Waals surface area contributed by atoms with Crippen LogP contribution in [0.1, 0.15) is 49.5 Å². The second kappa shape index (κ2) is 8.45. The molecule has 1 saturated heterocycles. The van der Waals surface area contributed by atoms with Gasteiger partial charge in [-0.1, -0.05) is 24.3 Å². The summed E-state index contributed by atoms with van der Waals surface area (Å²) in [7, 11) is 0. The Hall–Kier alpha value is -2.68. The van der Waals surface area contributed by atoms with Crippen molar-refractivity contribution < 1.29 is 14.9 Å². The van der Waals surface area contributed by atoms with Gasteiger partial charge >= 0.3 is 0 Å². The molecular weight excluding hydrogens is 394 g/mol. The van der Waals surface area contributed by atoms with Crippen LogP contribution in [0.15, 0.2) is 41.9 Å². The van der Waals surface area contributed by atoms with E-state index in [9.17, 15) is 10.2 Å². The van der Waals surface area contributed by atoms with Gasteiger partial charge in [0.15, 0.2) is 23.2 Å². The number of fused-ring (bicyclic) bond motifs is 1. The minimum Gasteiger partial charge on any atom is -0.388 e. The van der Waals surface area contributed by atoms with Crippen molar-refractivity contribution in [2.24, 2.45) is 4.99 Å². The molecule has 2 aromatic heterocycles. The molecule has 0 bridgehead atoms. The first-order valence-corrected chi connectivity index (χ1v) is 10.9. The van der Waals surface area contributed by atoms with Crippen LogP contribution in [-0.2, 0) is 11.2 Å². The number of aliphatic hydroxyl groups excluding tert-OH is 2. The molecule has 31 heavy (non-hydrogen) atoms. The van der Waals surface area contributed by atoms with E-state index in [-0.39, 0.29) is 0 Å². The van der Waals surface area contributed by atoms with E-state index in [4.69, 9.17) is 4.74 Å². The summed E-state index contributed by atoms with van der Waals surface area (Å²) in [6.45, 7) is 2.07. The molecule has 8 heteroatoms. The maximum atomic E-state index is 10.7. The van der Waals surface area contributed by atoms with Gasteiger partial charge in [0.1, 0.15) is 18.5 Å². The zero-order valence-electron chi connectivity index (χ0n) is 17.6. The second-order valence-electron chi connectivity index (χ2n) is 8.42. The Morgan fingerprint density at radius 2 is 1.90 bits per heavy atom. The average Bonchev–Trinajstić information content (AvgIpc) is 3.50. The fourth-order valence-corrected chi connectivity index (χ4v) is 4.54. The Balaban J connectivity index is 1.37. The highest BCUT2D eigenvalue weighted by Crippen LogP contribution is 2.34. The molecular formula is C23H27N5O3. The van der Waals surface area contributed by atoms with Gasteiger partial charge in [-0.15, -0.1) is 0 Å². The van der Waals surface area contributed by atoms with Crippen LogP contribution >= 0.6 is 0 Å². The third kappa shape index (κ3) is 3.86. The molecule has 2 aliphatic rings. The molecule has 3 heterocycles. The van der Waals surface area contributed by atoms with Crippen LogP contribution in [0.25, 0.3) is 11.2 Å². The molecule has 162 valence electrons. The van der Waals surface area contributed by atoms with Crippen molar-refractivity contribution in [1.29, 1.82) is 0 Å². The summed E-state index contributed by atoms with van der Waals surface area (Å²) in [6.07, 6.45) is 5.44. The highest BCUT2D eigenvalue weighted by Gasteiger charge is 2.44. The normalized spacial score (nSPS) is 26.1. The molecule has 0 unspecified atom stereocenters. The maximum absolute atomic E-state index is 10.7. The number of imidazole rings is 1. The zero-order valence-corrected chi connectivity index (χ0v) is 17.6. The molecule has 1 aliphatic heterocycles. The van der Waals surface area contributed by atoms with Crippen molar-refractivity contribution in [2.75, 3.05) is 0 Å². The Morgan fingerprint density at radius 1 is 1.10 bits per heavy atom. The first kappa shape index (κ1) is 20.2. The molecule has 2 N–H and O–H groups in total. The third-order valence-electron chi connectivity index (χ3n) is 6.35. The van der Waals surface area contributed by atoms with Gasteiger partial charge in [0.05, 0.1) is 12.4 Å². The Bertz CT molecular complexity index is 1100. The summed E-state index contributed by atoms with van der Waals surface area (Å²) < 4.78 is 7.78. The maximum Gasteiger partial charge on any atom is 0.183 e. The predicted octanol–water partition coefficient (Wildman–Crippen LogP) is 3.03. The molecule has 1 saturated carbocycles. The van der Waals surface area contributed by atoms with Gasteiger partial charge in [-0.05, 0) is 56.6 Å². The van der Waals surface area contributed by atoms with Gasteiger partial charge < -0.3 is 14.9 Å². The fourth-order valence-electron chi connectivity index (χ4n) is 4.54. The van der Waals surface area contributed by atoms with Crippen LogP contribution in [0.5, 0.6) is 0 Å². The van der Waals surface area contributed by atoms with Crippen molar-refractivity contribution in [1.82, 2.24) is 19.5 Å². The zero-order chi connectivity index (χ0) is 21.4. The van der Waals surface area contributed by atoms with E-state index < -0.39 is 24.5 Å². The van der Waals surface area contributed by atoms with Gasteiger partial charge in [0.2, 0.25) is 0 Å². The summed E-state index contributed by atoms with van der Waals surface area (Å²) in [6, 6.07) is 8.17. The number of aryl methyl sites for hydroxylation is 2. The van der Waals surface area contributed by atoms with Gasteiger partial charge in [-0.3, -0.25) is 4.57 Å². The van der Waals surface area contributed by atoms with E-state index in [1.807, 2.05) is 12.1 Å². The first-order chi connectivity index (χ1) is 15.1. The van der Waals surface area contributed by atoms with Gasteiger partial charge in [0.25, 0.3) is 0 Å². The van der Waals surface area contributed by atoms with Gasteiger partial charge in [0, 0.05) is 5.71 Å².